The van der Waals surface area contributed by atoms with Gasteiger partial charge in [0.05, 0.1) is 17.7 Å². The van der Waals surface area contributed by atoms with E-state index in [1.807, 2.05) is 0 Å². The summed E-state index contributed by atoms with van der Waals surface area (Å²) in [5.41, 5.74) is 4.32. The van der Waals surface area contributed by atoms with E-state index in [-0.39, 0.29) is 18.2 Å². The molecule has 0 heterocycles. The van der Waals surface area contributed by atoms with Crippen LogP contribution >= 0.6 is 0 Å². The van der Waals surface area contributed by atoms with Gasteiger partial charge in [-0.2, -0.15) is 13.2 Å². The summed E-state index contributed by atoms with van der Waals surface area (Å²) in [5, 5.41) is 2.43. The highest BCUT2D eigenvalue weighted by atomic mass is 19.4. The van der Waals surface area contributed by atoms with Gasteiger partial charge in [-0.15, -0.1) is 0 Å². The van der Waals surface area contributed by atoms with Crippen LogP contribution in [0, 0.1) is 0 Å². The van der Waals surface area contributed by atoms with Gasteiger partial charge < -0.3 is 15.8 Å². The first-order chi connectivity index (χ1) is 9.36. The number of methoxy groups -OCH3 is 1. The van der Waals surface area contributed by atoms with Crippen LogP contribution in [0.5, 0.6) is 0 Å². The van der Waals surface area contributed by atoms with Gasteiger partial charge in [0, 0.05) is 19.7 Å². The van der Waals surface area contributed by atoms with Crippen molar-refractivity contribution in [2.75, 3.05) is 20.3 Å². The van der Waals surface area contributed by atoms with E-state index < -0.39 is 17.6 Å². The number of carbonyl (C=O) groups is 1. The average molecular weight is 290 g/mol. The Balaban J connectivity index is 2.65. The molecule has 0 saturated heterocycles. The van der Waals surface area contributed by atoms with Gasteiger partial charge in [-0.3, -0.25) is 4.79 Å². The van der Waals surface area contributed by atoms with Crippen molar-refractivity contribution in [1.82, 2.24) is 5.32 Å². The van der Waals surface area contributed by atoms with Gasteiger partial charge in [-0.1, -0.05) is 12.1 Å². The molecule has 0 aliphatic carbocycles. The van der Waals surface area contributed by atoms with Crippen LogP contribution in [0.25, 0.3) is 0 Å². The number of nitrogens with two attached hydrogens (primary N) is 1. The smallest absolute Gasteiger partial charge is 0.383 e. The normalized spacial score (nSPS) is 13.1. The Hall–Kier alpha value is -1.60. The van der Waals surface area contributed by atoms with Crippen molar-refractivity contribution in [3.63, 3.8) is 0 Å². The molecule has 0 spiro atoms. The number of carbonyl (C=O) groups excluding carboxylic acids is 1. The van der Waals surface area contributed by atoms with E-state index in [9.17, 15) is 18.0 Å². The molecule has 4 nitrogen and oxygen atoms in total. The van der Waals surface area contributed by atoms with Gasteiger partial charge in [-0.25, -0.2) is 0 Å². The minimum atomic E-state index is -4.56. The van der Waals surface area contributed by atoms with Crippen LogP contribution in [0.2, 0.25) is 0 Å². The number of ether oxygens (including phenoxy) is 1. The molecule has 0 fully saturated rings. The molecule has 0 aromatic heterocycles. The van der Waals surface area contributed by atoms with Crippen LogP contribution in [0.1, 0.15) is 22.3 Å². The molecule has 0 aliphatic rings. The SMILES string of the molecule is COCC(N)CCNC(=O)c1ccccc1C(F)(F)F. The summed E-state index contributed by atoms with van der Waals surface area (Å²) in [4.78, 5) is 11.8. The number of alkyl halides is 3. The molecule has 1 atom stereocenters. The van der Waals surface area contributed by atoms with Crippen molar-refractivity contribution >= 4 is 5.91 Å². The lowest BCUT2D eigenvalue weighted by Gasteiger charge is -2.14. The Morgan fingerprint density at radius 2 is 2.05 bits per heavy atom. The molecule has 112 valence electrons. The first-order valence-corrected chi connectivity index (χ1v) is 6.05. The lowest BCUT2D eigenvalue weighted by atomic mass is 10.1. The van der Waals surface area contributed by atoms with Crippen LogP contribution in [-0.2, 0) is 10.9 Å². The highest BCUT2D eigenvalue weighted by Gasteiger charge is 2.34. The van der Waals surface area contributed by atoms with Crippen molar-refractivity contribution < 1.29 is 22.7 Å². The van der Waals surface area contributed by atoms with E-state index in [1.54, 1.807) is 0 Å². The number of rotatable bonds is 6. The van der Waals surface area contributed by atoms with Gasteiger partial charge in [-0.05, 0) is 18.6 Å². The highest BCUT2D eigenvalue weighted by molar-refractivity contribution is 5.95. The molecule has 1 aromatic carbocycles. The van der Waals surface area contributed by atoms with Crippen molar-refractivity contribution in [3.05, 3.63) is 35.4 Å². The summed E-state index contributed by atoms with van der Waals surface area (Å²) in [6, 6.07) is 4.39. The second-order valence-electron chi connectivity index (χ2n) is 4.30. The summed E-state index contributed by atoms with van der Waals surface area (Å²) >= 11 is 0. The lowest BCUT2D eigenvalue weighted by molar-refractivity contribution is -0.137. The maximum Gasteiger partial charge on any atom is 0.417 e. The first-order valence-electron chi connectivity index (χ1n) is 6.05. The largest absolute Gasteiger partial charge is 0.417 e. The van der Waals surface area contributed by atoms with Crippen molar-refractivity contribution in [2.24, 2.45) is 5.73 Å². The van der Waals surface area contributed by atoms with E-state index in [4.69, 9.17) is 10.5 Å². The summed E-state index contributed by atoms with van der Waals surface area (Å²) in [7, 11) is 1.50. The Labute approximate surface area is 115 Å². The molecule has 1 aromatic rings. The summed E-state index contributed by atoms with van der Waals surface area (Å²) in [6.45, 7) is 0.518. The zero-order valence-electron chi connectivity index (χ0n) is 11.0. The lowest BCUT2D eigenvalue weighted by Crippen LogP contribution is -2.33. The summed E-state index contributed by atoms with van der Waals surface area (Å²) in [5.74, 6) is -0.762. The third-order valence-corrected chi connectivity index (χ3v) is 2.66. The second kappa shape index (κ2) is 7.25. The van der Waals surface area contributed by atoms with Crippen molar-refractivity contribution in [1.29, 1.82) is 0 Å². The minimum Gasteiger partial charge on any atom is -0.383 e. The number of benzene rings is 1. The van der Waals surface area contributed by atoms with Crippen LogP contribution in [-0.4, -0.2) is 32.2 Å². The van der Waals surface area contributed by atoms with E-state index in [1.165, 1.54) is 19.2 Å². The van der Waals surface area contributed by atoms with Gasteiger partial charge in [0.25, 0.3) is 5.91 Å². The third-order valence-electron chi connectivity index (χ3n) is 2.66. The molecular weight excluding hydrogens is 273 g/mol. The fraction of sp³-hybridized carbons (Fsp3) is 0.462. The van der Waals surface area contributed by atoms with Crippen LogP contribution in [0.4, 0.5) is 13.2 Å². The predicted octanol–water partition coefficient (Wildman–Crippen LogP) is 1.80. The standard InChI is InChI=1S/C13H17F3N2O2/c1-20-8-9(17)6-7-18-12(19)10-4-2-3-5-11(10)13(14,15)16/h2-5,9H,6-8,17H2,1H3,(H,18,19). The number of hydrogen-bond acceptors (Lipinski definition) is 3. The monoisotopic (exact) mass is 290 g/mol. The number of halogens is 3. The van der Waals surface area contributed by atoms with Gasteiger partial charge in [0.1, 0.15) is 0 Å². The zero-order chi connectivity index (χ0) is 15.2. The third kappa shape index (κ3) is 4.82. The predicted molar refractivity (Wildman–Crippen MR) is 68.2 cm³/mol. The maximum absolute atomic E-state index is 12.7. The molecule has 20 heavy (non-hydrogen) atoms. The molecule has 1 amide bonds. The fourth-order valence-corrected chi connectivity index (χ4v) is 1.69. The average Bonchev–Trinajstić information content (AvgIpc) is 2.38. The Bertz CT molecular complexity index is 449. The topological polar surface area (TPSA) is 64.3 Å². The molecule has 7 heteroatoms. The molecule has 1 unspecified atom stereocenters. The zero-order valence-corrected chi connectivity index (χ0v) is 11.0. The maximum atomic E-state index is 12.7. The fourth-order valence-electron chi connectivity index (χ4n) is 1.69. The van der Waals surface area contributed by atoms with Crippen LogP contribution < -0.4 is 11.1 Å². The van der Waals surface area contributed by atoms with E-state index in [0.29, 0.717) is 13.0 Å². The molecule has 1 rings (SSSR count). The number of nitrogens with one attached hydrogen (secondary N) is 1. The van der Waals surface area contributed by atoms with Gasteiger partial charge >= 0.3 is 6.18 Å². The van der Waals surface area contributed by atoms with Crippen LogP contribution in [0.15, 0.2) is 24.3 Å². The molecule has 0 saturated carbocycles. The molecule has 0 bridgehead atoms. The van der Waals surface area contributed by atoms with E-state index in [2.05, 4.69) is 5.32 Å². The van der Waals surface area contributed by atoms with Crippen molar-refractivity contribution in [2.45, 2.75) is 18.6 Å². The Kier molecular flexibility index (Phi) is 5.97. The number of hydrogen-bond donors (Lipinski definition) is 2. The molecular formula is C13H17F3N2O2. The highest BCUT2D eigenvalue weighted by Crippen LogP contribution is 2.31. The Morgan fingerprint density at radius 3 is 2.65 bits per heavy atom. The molecule has 0 radical (unpaired) electrons. The molecule has 0 aliphatic heterocycles. The molecule has 3 N–H and O–H groups in total. The van der Waals surface area contributed by atoms with Crippen LogP contribution in [0.3, 0.4) is 0 Å². The minimum absolute atomic E-state index is 0.190. The first kappa shape index (κ1) is 16.5. The van der Waals surface area contributed by atoms with Crippen molar-refractivity contribution in [3.8, 4) is 0 Å². The quantitative estimate of drug-likeness (QED) is 0.839. The van der Waals surface area contributed by atoms with E-state index in [0.717, 1.165) is 12.1 Å². The summed E-state index contributed by atoms with van der Waals surface area (Å²) < 4.78 is 43.1. The van der Waals surface area contributed by atoms with Gasteiger partial charge in [0.15, 0.2) is 0 Å². The Morgan fingerprint density at radius 1 is 1.40 bits per heavy atom. The second-order valence-corrected chi connectivity index (χ2v) is 4.30. The van der Waals surface area contributed by atoms with E-state index >= 15 is 0 Å². The van der Waals surface area contributed by atoms with Gasteiger partial charge in [0.2, 0.25) is 0 Å². The number of amides is 1. The summed E-state index contributed by atoms with van der Waals surface area (Å²) in [6.07, 6.45) is -4.13.